The van der Waals surface area contributed by atoms with Crippen LogP contribution in [0.1, 0.15) is 48.1 Å². The van der Waals surface area contributed by atoms with E-state index in [4.69, 9.17) is 14.3 Å². The Morgan fingerprint density at radius 3 is 2.75 bits per heavy atom. The van der Waals surface area contributed by atoms with Crippen LogP contribution in [0.5, 0.6) is 0 Å². The molecule has 6 heteroatoms. The number of amides is 1. The van der Waals surface area contributed by atoms with Gasteiger partial charge in [0.05, 0.1) is 11.7 Å². The Kier molecular flexibility index (Phi) is 3.85. The second kappa shape index (κ2) is 5.28. The van der Waals surface area contributed by atoms with Crippen LogP contribution in [0.2, 0.25) is 0 Å². The molecule has 1 aliphatic carbocycles. The van der Waals surface area contributed by atoms with Crippen molar-refractivity contribution >= 4 is 11.9 Å². The molecule has 0 spiro atoms. The largest absolute Gasteiger partial charge is 0.478 e. The van der Waals surface area contributed by atoms with Crippen LogP contribution in [0.4, 0.5) is 0 Å². The summed E-state index contributed by atoms with van der Waals surface area (Å²) in [5.74, 6) is -1.50. The quantitative estimate of drug-likeness (QED) is 0.860. The molecule has 1 heterocycles. The second-order valence-electron chi connectivity index (χ2n) is 5.53. The lowest BCUT2D eigenvalue weighted by atomic mass is 9.64. The molecule has 2 N–H and O–H groups in total. The van der Waals surface area contributed by atoms with Crippen molar-refractivity contribution in [1.29, 1.82) is 0 Å². The van der Waals surface area contributed by atoms with Crippen molar-refractivity contribution in [3.05, 3.63) is 23.7 Å². The lowest BCUT2D eigenvalue weighted by molar-refractivity contribution is -0.111. The molecular formula is C14H19NO5. The summed E-state index contributed by atoms with van der Waals surface area (Å²) in [7, 11) is 0. The molecule has 2 atom stereocenters. The fourth-order valence-corrected chi connectivity index (χ4v) is 2.41. The highest BCUT2D eigenvalue weighted by Crippen LogP contribution is 2.42. The molecule has 2 rings (SSSR count). The fraction of sp³-hybridized carbons (Fsp3) is 0.571. The van der Waals surface area contributed by atoms with Crippen molar-refractivity contribution in [2.24, 2.45) is 5.41 Å². The number of nitrogens with one attached hydrogen (secondary N) is 1. The SMILES string of the molecule is CCOC1CC(NC(=O)c2cc(C(=O)O)co2)C1(C)C. The Morgan fingerprint density at radius 1 is 1.55 bits per heavy atom. The van der Waals surface area contributed by atoms with E-state index in [1.54, 1.807) is 0 Å². The average Bonchev–Trinajstić information content (AvgIpc) is 2.87. The predicted molar refractivity (Wildman–Crippen MR) is 70.7 cm³/mol. The third kappa shape index (κ3) is 2.56. The summed E-state index contributed by atoms with van der Waals surface area (Å²) in [6.07, 6.45) is 1.94. The maximum absolute atomic E-state index is 12.0. The zero-order chi connectivity index (χ0) is 14.9. The van der Waals surface area contributed by atoms with Crippen LogP contribution in [0, 0.1) is 5.41 Å². The van der Waals surface area contributed by atoms with Crippen molar-refractivity contribution in [2.45, 2.75) is 39.3 Å². The molecule has 1 aromatic rings. The third-order valence-electron chi connectivity index (χ3n) is 3.92. The summed E-state index contributed by atoms with van der Waals surface area (Å²) in [5, 5.41) is 11.6. The maximum atomic E-state index is 12.0. The normalized spacial score (nSPS) is 23.9. The van der Waals surface area contributed by atoms with Gasteiger partial charge in [-0.15, -0.1) is 0 Å². The average molecular weight is 281 g/mol. The molecule has 0 radical (unpaired) electrons. The molecule has 0 saturated heterocycles. The number of carbonyl (C=O) groups excluding carboxylic acids is 1. The fourth-order valence-electron chi connectivity index (χ4n) is 2.41. The van der Waals surface area contributed by atoms with Crippen LogP contribution in [0.3, 0.4) is 0 Å². The minimum atomic E-state index is -1.12. The first-order valence-electron chi connectivity index (χ1n) is 6.60. The van der Waals surface area contributed by atoms with Crippen LogP contribution >= 0.6 is 0 Å². The number of hydrogen-bond acceptors (Lipinski definition) is 4. The van der Waals surface area contributed by atoms with Gasteiger partial charge in [-0.05, 0) is 13.3 Å². The Hall–Kier alpha value is -1.82. The van der Waals surface area contributed by atoms with E-state index in [1.165, 1.54) is 6.07 Å². The van der Waals surface area contributed by atoms with Crippen molar-refractivity contribution in [2.75, 3.05) is 6.61 Å². The predicted octanol–water partition coefficient (Wildman–Crippen LogP) is 1.91. The van der Waals surface area contributed by atoms with Gasteiger partial charge >= 0.3 is 5.97 Å². The Labute approximate surface area is 117 Å². The standard InChI is InChI=1S/C14H19NO5/c1-4-19-11-6-10(14(11,2)3)15-12(16)9-5-8(7-20-9)13(17)18/h5,7,10-11H,4,6H2,1-3H3,(H,15,16)(H,17,18). The number of aromatic carboxylic acids is 1. The topological polar surface area (TPSA) is 88.8 Å². The molecule has 1 amide bonds. The first-order chi connectivity index (χ1) is 9.36. The van der Waals surface area contributed by atoms with E-state index in [0.717, 1.165) is 12.7 Å². The van der Waals surface area contributed by atoms with Gasteiger partial charge in [-0.3, -0.25) is 4.79 Å². The van der Waals surface area contributed by atoms with Crippen molar-refractivity contribution < 1.29 is 23.8 Å². The smallest absolute Gasteiger partial charge is 0.338 e. The van der Waals surface area contributed by atoms with Gasteiger partial charge in [0.1, 0.15) is 6.26 Å². The van der Waals surface area contributed by atoms with Gasteiger partial charge in [-0.25, -0.2) is 4.79 Å². The lowest BCUT2D eigenvalue weighted by Gasteiger charge is -2.51. The molecule has 20 heavy (non-hydrogen) atoms. The van der Waals surface area contributed by atoms with Gasteiger partial charge in [0.25, 0.3) is 5.91 Å². The van der Waals surface area contributed by atoms with Crippen LogP contribution in [0.25, 0.3) is 0 Å². The van der Waals surface area contributed by atoms with Crippen molar-refractivity contribution in [3.63, 3.8) is 0 Å². The van der Waals surface area contributed by atoms with E-state index in [-0.39, 0.29) is 28.9 Å². The molecule has 2 unspecified atom stereocenters. The second-order valence-corrected chi connectivity index (χ2v) is 5.53. The van der Waals surface area contributed by atoms with E-state index in [9.17, 15) is 9.59 Å². The van der Waals surface area contributed by atoms with Gasteiger partial charge in [-0.2, -0.15) is 0 Å². The lowest BCUT2D eigenvalue weighted by Crippen LogP contribution is -2.62. The minimum Gasteiger partial charge on any atom is -0.478 e. The number of rotatable bonds is 5. The zero-order valence-corrected chi connectivity index (χ0v) is 11.8. The van der Waals surface area contributed by atoms with E-state index >= 15 is 0 Å². The van der Waals surface area contributed by atoms with Crippen LogP contribution in [0.15, 0.2) is 16.7 Å². The summed E-state index contributed by atoms with van der Waals surface area (Å²) < 4.78 is 10.6. The molecule has 110 valence electrons. The van der Waals surface area contributed by atoms with E-state index < -0.39 is 11.9 Å². The van der Waals surface area contributed by atoms with Crippen molar-refractivity contribution in [1.82, 2.24) is 5.32 Å². The highest BCUT2D eigenvalue weighted by molar-refractivity contribution is 5.95. The number of carbonyl (C=O) groups is 2. The number of hydrogen-bond donors (Lipinski definition) is 2. The molecular weight excluding hydrogens is 262 g/mol. The molecule has 0 aliphatic heterocycles. The molecule has 6 nitrogen and oxygen atoms in total. The number of carboxylic acids is 1. The molecule has 1 aliphatic rings. The Morgan fingerprint density at radius 2 is 2.25 bits per heavy atom. The molecule has 1 saturated carbocycles. The monoisotopic (exact) mass is 281 g/mol. The minimum absolute atomic E-state index is 0.00933. The van der Waals surface area contributed by atoms with Gasteiger partial charge in [-0.1, -0.05) is 13.8 Å². The Bertz CT molecular complexity index is 519. The Balaban J connectivity index is 1.97. The molecule has 1 aromatic heterocycles. The number of ether oxygens (including phenoxy) is 1. The maximum Gasteiger partial charge on any atom is 0.338 e. The summed E-state index contributed by atoms with van der Waals surface area (Å²) >= 11 is 0. The van der Waals surface area contributed by atoms with E-state index in [1.807, 2.05) is 20.8 Å². The van der Waals surface area contributed by atoms with Gasteiger partial charge in [0.2, 0.25) is 0 Å². The molecule has 1 fully saturated rings. The van der Waals surface area contributed by atoms with Crippen molar-refractivity contribution in [3.8, 4) is 0 Å². The van der Waals surface area contributed by atoms with Gasteiger partial charge in [0.15, 0.2) is 5.76 Å². The van der Waals surface area contributed by atoms with Gasteiger partial charge in [0, 0.05) is 24.1 Å². The highest BCUT2D eigenvalue weighted by Gasteiger charge is 2.49. The first-order valence-corrected chi connectivity index (χ1v) is 6.60. The number of furan rings is 1. The summed E-state index contributed by atoms with van der Waals surface area (Å²) in [6.45, 7) is 6.66. The van der Waals surface area contributed by atoms with Gasteiger partial charge < -0.3 is 19.6 Å². The summed E-state index contributed by atoms with van der Waals surface area (Å²) in [4.78, 5) is 22.7. The zero-order valence-electron chi connectivity index (χ0n) is 11.8. The summed E-state index contributed by atoms with van der Waals surface area (Å²) in [6, 6.07) is 1.22. The number of carboxylic acid groups (broad SMARTS) is 1. The molecule has 0 bridgehead atoms. The summed E-state index contributed by atoms with van der Waals surface area (Å²) in [5.41, 5.74) is -0.177. The third-order valence-corrected chi connectivity index (χ3v) is 3.92. The first kappa shape index (κ1) is 14.6. The molecule has 0 aromatic carbocycles. The van der Waals surface area contributed by atoms with Crippen LogP contribution in [-0.2, 0) is 4.74 Å². The van der Waals surface area contributed by atoms with Crippen LogP contribution < -0.4 is 5.32 Å². The van der Waals surface area contributed by atoms with E-state index in [0.29, 0.717) is 6.61 Å². The highest BCUT2D eigenvalue weighted by atomic mass is 16.5. The van der Waals surface area contributed by atoms with Crippen LogP contribution in [-0.4, -0.2) is 35.7 Å². The van der Waals surface area contributed by atoms with E-state index in [2.05, 4.69) is 5.32 Å².